The van der Waals surface area contributed by atoms with Crippen molar-refractivity contribution in [2.45, 2.75) is 26.7 Å². The van der Waals surface area contributed by atoms with Crippen LogP contribution in [-0.2, 0) is 0 Å². The summed E-state index contributed by atoms with van der Waals surface area (Å²) in [6, 6.07) is 0. The highest BCUT2D eigenvalue weighted by atomic mass is 35.5. The molecule has 0 spiro atoms. The molecule has 0 amide bonds. The van der Waals surface area contributed by atoms with E-state index in [1.165, 1.54) is 0 Å². The van der Waals surface area contributed by atoms with Crippen LogP contribution in [-0.4, -0.2) is 25.0 Å². The first-order valence-corrected chi connectivity index (χ1v) is 4.62. The van der Waals surface area contributed by atoms with E-state index in [-0.39, 0.29) is 24.3 Å². The van der Waals surface area contributed by atoms with Crippen molar-refractivity contribution in [1.82, 2.24) is 16.0 Å². The van der Waals surface area contributed by atoms with Gasteiger partial charge in [0.15, 0.2) is 11.9 Å². The standard InChI is InChI=1S/C8H19N5.ClH/c1-3-5-6-12-8(10)13-7(9)11-4-2;/h3-6H2,1-2H3,(H5,9,10,11,12,13);1H. The van der Waals surface area contributed by atoms with Crippen molar-refractivity contribution in [1.29, 1.82) is 10.8 Å². The van der Waals surface area contributed by atoms with Gasteiger partial charge in [0.05, 0.1) is 0 Å². The fourth-order valence-electron chi connectivity index (χ4n) is 0.780. The van der Waals surface area contributed by atoms with Crippen LogP contribution in [0.2, 0.25) is 0 Å². The van der Waals surface area contributed by atoms with Crippen molar-refractivity contribution in [3.8, 4) is 0 Å². The molecule has 0 saturated carbocycles. The Kier molecular flexibility index (Phi) is 11.2. The predicted octanol–water partition coefficient (Wildman–Crippen LogP) is 0.867. The van der Waals surface area contributed by atoms with E-state index in [4.69, 9.17) is 10.8 Å². The van der Waals surface area contributed by atoms with Gasteiger partial charge < -0.3 is 10.6 Å². The molecule has 0 aromatic carbocycles. The second-order valence-electron chi connectivity index (χ2n) is 2.69. The molecule has 14 heavy (non-hydrogen) atoms. The predicted molar refractivity (Wildman–Crippen MR) is 62.4 cm³/mol. The minimum atomic E-state index is 0. The minimum absolute atomic E-state index is 0. The van der Waals surface area contributed by atoms with Crippen LogP contribution in [0.4, 0.5) is 0 Å². The molecule has 0 aliphatic carbocycles. The highest BCUT2D eigenvalue weighted by Gasteiger charge is 1.96. The number of unbranched alkanes of at least 4 members (excludes halogenated alkanes) is 1. The lowest BCUT2D eigenvalue weighted by Gasteiger charge is -2.10. The molecule has 6 heteroatoms. The van der Waals surface area contributed by atoms with E-state index in [1.54, 1.807) is 0 Å². The number of rotatable bonds is 4. The Balaban J connectivity index is 0. The van der Waals surface area contributed by atoms with Gasteiger partial charge in [-0.25, -0.2) is 0 Å². The summed E-state index contributed by atoms with van der Waals surface area (Å²) < 4.78 is 0. The fraction of sp³-hybridized carbons (Fsp3) is 0.750. The summed E-state index contributed by atoms with van der Waals surface area (Å²) in [4.78, 5) is 0. The maximum absolute atomic E-state index is 7.37. The SMILES string of the molecule is CCCCNC(=N)NC(=N)NCC.Cl. The fourth-order valence-corrected chi connectivity index (χ4v) is 0.780. The summed E-state index contributed by atoms with van der Waals surface area (Å²) in [6.45, 7) is 5.47. The Labute approximate surface area is 91.5 Å². The third kappa shape index (κ3) is 9.12. The summed E-state index contributed by atoms with van der Waals surface area (Å²) in [6.07, 6.45) is 2.14. The lowest BCUT2D eigenvalue weighted by atomic mass is 10.3. The molecule has 0 rings (SSSR count). The Morgan fingerprint density at radius 3 is 2.14 bits per heavy atom. The number of hydrogen-bond donors (Lipinski definition) is 5. The molecule has 5 N–H and O–H groups in total. The summed E-state index contributed by atoms with van der Waals surface area (Å²) in [7, 11) is 0. The molecular weight excluding hydrogens is 202 g/mol. The lowest BCUT2D eigenvalue weighted by Crippen LogP contribution is -2.45. The first-order valence-electron chi connectivity index (χ1n) is 4.62. The molecule has 0 aromatic heterocycles. The summed E-state index contributed by atoms with van der Waals surface area (Å²) in [5.74, 6) is 0.343. The average Bonchev–Trinajstić information content (AvgIpc) is 2.05. The van der Waals surface area contributed by atoms with Crippen molar-refractivity contribution in [2.24, 2.45) is 0 Å². The van der Waals surface area contributed by atoms with Crippen molar-refractivity contribution in [2.75, 3.05) is 13.1 Å². The van der Waals surface area contributed by atoms with Gasteiger partial charge in [0.1, 0.15) is 0 Å². The molecule has 0 unspecified atom stereocenters. The number of nitrogens with one attached hydrogen (secondary N) is 5. The molecule has 0 atom stereocenters. The van der Waals surface area contributed by atoms with Crippen LogP contribution in [0.5, 0.6) is 0 Å². The van der Waals surface area contributed by atoms with Crippen LogP contribution in [0.1, 0.15) is 26.7 Å². The quantitative estimate of drug-likeness (QED) is 0.278. The second-order valence-corrected chi connectivity index (χ2v) is 2.69. The molecule has 0 bridgehead atoms. The molecule has 0 fully saturated rings. The lowest BCUT2D eigenvalue weighted by molar-refractivity contribution is 0.742. The maximum Gasteiger partial charge on any atom is 0.195 e. The Bertz CT molecular complexity index is 171. The zero-order chi connectivity index (χ0) is 10.1. The normalized spacial score (nSPS) is 8.43. The van der Waals surface area contributed by atoms with Gasteiger partial charge >= 0.3 is 0 Å². The van der Waals surface area contributed by atoms with E-state index in [1.807, 2.05) is 6.92 Å². The van der Waals surface area contributed by atoms with Gasteiger partial charge in [-0.05, 0) is 13.3 Å². The molecule has 5 nitrogen and oxygen atoms in total. The summed E-state index contributed by atoms with van der Waals surface area (Å²) in [5.41, 5.74) is 0. The molecule has 0 radical (unpaired) electrons. The molecule has 0 aromatic rings. The van der Waals surface area contributed by atoms with Gasteiger partial charge in [-0.2, -0.15) is 0 Å². The summed E-state index contributed by atoms with van der Waals surface area (Å²) in [5, 5.41) is 22.9. The largest absolute Gasteiger partial charge is 0.357 e. The van der Waals surface area contributed by atoms with Crippen LogP contribution in [0.25, 0.3) is 0 Å². The maximum atomic E-state index is 7.37. The summed E-state index contributed by atoms with van der Waals surface area (Å²) >= 11 is 0. The first kappa shape index (κ1) is 15.5. The van der Waals surface area contributed by atoms with Crippen molar-refractivity contribution < 1.29 is 0 Å². The van der Waals surface area contributed by atoms with Gasteiger partial charge in [-0.15, -0.1) is 12.4 Å². The van der Waals surface area contributed by atoms with E-state index in [0.29, 0.717) is 6.54 Å². The smallest absolute Gasteiger partial charge is 0.195 e. The molecule has 0 heterocycles. The highest BCUT2D eigenvalue weighted by Crippen LogP contribution is 1.81. The van der Waals surface area contributed by atoms with E-state index >= 15 is 0 Å². The minimum Gasteiger partial charge on any atom is -0.357 e. The Hall–Kier alpha value is -0.970. The van der Waals surface area contributed by atoms with Crippen LogP contribution in [0.15, 0.2) is 0 Å². The van der Waals surface area contributed by atoms with Crippen LogP contribution < -0.4 is 16.0 Å². The molecule has 0 aliphatic heterocycles. The van der Waals surface area contributed by atoms with Crippen molar-refractivity contribution in [3.05, 3.63) is 0 Å². The second kappa shape index (κ2) is 10.1. The van der Waals surface area contributed by atoms with Gasteiger partial charge in [0, 0.05) is 13.1 Å². The monoisotopic (exact) mass is 221 g/mol. The zero-order valence-corrected chi connectivity index (χ0v) is 9.55. The average molecular weight is 222 g/mol. The van der Waals surface area contributed by atoms with Crippen molar-refractivity contribution in [3.63, 3.8) is 0 Å². The number of hydrogen-bond acceptors (Lipinski definition) is 2. The van der Waals surface area contributed by atoms with Crippen LogP contribution in [0.3, 0.4) is 0 Å². The van der Waals surface area contributed by atoms with Crippen LogP contribution >= 0.6 is 12.4 Å². The molecule has 84 valence electrons. The van der Waals surface area contributed by atoms with E-state index < -0.39 is 0 Å². The molecule has 0 aliphatic rings. The van der Waals surface area contributed by atoms with Crippen molar-refractivity contribution >= 4 is 24.3 Å². The number of guanidine groups is 2. The number of halogens is 1. The van der Waals surface area contributed by atoms with E-state index in [2.05, 4.69) is 22.9 Å². The van der Waals surface area contributed by atoms with Gasteiger partial charge in [0.2, 0.25) is 0 Å². The van der Waals surface area contributed by atoms with Gasteiger partial charge in [0.25, 0.3) is 0 Å². The Morgan fingerprint density at radius 1 is 1.07 bits per heavy atom. The topological polar surface area (TPSA) is 83.8 Å². The Morgan fingerprint density at radius 2 is 1.64 bits per heavy atom. The van der Waals surface area contributed by atoms with E-state index in [9.17, 15) is 0 Å². The molecular formula is C8H20ClN5. The first-order chi connectivity index (χ1) is 6.20. The van der Waals surface area contributed by atoms with Gasteiger partial charge in [-0.1, -0.05) is 13.3 Å². The third-order valence-corrected chi connectivity index (χ3v) is 1.44. The zero-order valence-electron chi connectivity index (χ0n) is 8.74. The van der Waals surface area contributed by atoms with Gasteiger partial charge in [-0.3, -0.25) is 16.1 Å². The van der Waals surface area contributed by atoms with Crippen LogP contribution in [0, 0.1) is 10.8 Å². The third-order valence-electron chi connectivity index (χ3n) is 1.44. The highest BCUT2D eigenvalue weighted by molar-refractivity contribution is 5.95. The van der Waals surface area contributed by atoms with E-state index in [0.717, 1.165) is 19.4 Å². The molecule has 0 saturated heterocycles.